The van der Waals surface area contributed by atoms with E-state index in [1.807, 2.05) is 0 Å². The fourth-order valence-corrected chi connectivity index (χ4v) is 2.38. The number of carbonyl (C=O) groups is 1. The van der Waals surface area contributed by atoms with Crippen LogP contribution in [0.15, 0.2) is 24.3 Å². The van der Waals surface area contributed by atoms with Crippen molar-refractivity contribution in [1.82, 2.24) is 15.5 Å². The Bertz CT molecular complexity index is 572. The van der Waals surface area contributed by atoms with Gasteiger partial charge < -0.3 is 11.1 Å². The lowest BCUT2D eigenvalue weighted by Crippen LogP contribution is -2.24. The molecule has 1 heterocycles. The lowest BCUT2D eigenvalue weighted by molar-refractivity contribution is 0.0953. The van der Waals surface area contributed by atoms with Crippen molar-refractivity contribution in [2.75, 3.05) is 12.3 Å². The quantitative estimate of drug-likeness (QED) is 0.828. The minimum atomic E-state index is -0.126. The van der Waals surface area contributed by atoms with Gasteiger partial charge in [0.25, 0.3) is 5.91 Å². The third-order valence-electron chi connectivity index (χ3n) is 2.42. The minimum Gasteiger partial charge on any atom is -0.374 e. The van der Waals surface area contributed by atoms with E-state index in [2.05, 4.69) is 15.5 Å². The summed E-state index contributed by atoms with van der Waals surface area (Å²) in [6.45, 7) is 0.574. The predicted molar refractivity (Wildman–Crippen MR) is 76.4 cm³/mol. The number of aryl methyl sites for hydroxylation is 1. The van der Waals surface area contributed by atoms with E-state index in [9.17, 15) is 4.79 Å². The van der Waals surface area contributed by atoms with Gasteiger partial charge in [-0.2, -0.15) is 0 Å². The third-order valence-corrected chi connectivity index (χ3v) is 3.47. The van der Waals surface area contributed by atoms with Crippen molar-refractivity contribution >= 4 is 34.0 Å². The molecule has 0 aliphatic rings. The van der Waals surface area contributed by atoms with Crippen LogP contribution in [0.5, 0.6) is 0 Å². The van der Waals surface area contributed by atoms with Gasteiger partial charge in [-0.05, 0) is 24.6 Å². The highest BCUT2D eigenvalue weighted by Gasteiger charge is 2.05. The first-order valence-electron chi connectivity index (χ1n) is 5.77. The number of aromatic nitrogens is 2. The second-order valence-corrected chi connectivity index (χ2v) is 5.43. The average Bonchev–Trinajstić information content (AvgIpc) is 2.80. The van der Waals surface area contributed by atoms with Gasteiger partial charge >= 0.3 is 0 Å². The van der Waals surface area contributed by atoms with Crippen molar-refractivity contribution in [3.8, 4) is 0 Å². The van der Waals surface area contributed by atoms with E-state index in [1.54, 1.807) is 24.3 Å². The summed E-state index contributed by atoms with van der Waals surface area (Å²) in [6.07, 6.45) is 1.55. The number of nitrogens with zero attached hydrogens (tertiary/aromatic N) is 2. The van der Waals surface area contributed by atoms with Gasteiger partial charge in [0.15, 0.2) is 0 Å². The third kappa shape index (κ3) is 4.18. The van der Waals surface area contributed by atoms with Crippen molar-refractivity contribution in [3.05, 3.63) is 39.9 Å². The van der Waals surface area contributed by atoms with Crippen LogP contribution in [0.25, 0.3) is 0 Å². The molecule has 7 heteroatoms. The van der Waals surface area contributed by atoms with Gasteiger partial charge in [0.2, 0.25) is 5.13 Å². The number of amides is 1. The number of nitrogen functional groups attached to an aromatic ring is 1. The minimum absolute atomic E-state index is 0.126. The molecule has 3 N–H and O–H groups in total. The highest BCUT2D eigenvalue weighted by Crippen LogP contribution is 2.13. The molecule has 2 rings (SSSR count). The molecule has 1 aromatic heterocycles. The van der Waals surface area contributed by atoms with E-state index >= 15 is 0 Å². The number of hydrogen-bond donors (Lipinski definition) is 2. The summed E-state index contributed by atoms with van der Waals surface area (Å²) >= 11 is 7.20. The molecule has 0 bridgehead atoms. The molecular weight excluding hydrogens is 284 g/mol. The van der Waals surface area contributed by atoms with E-state index in [-0.39, 0.29) is 5.91 Å². The highest BCUT2D eigenvalue weighted by atomic mass is 35.5. The van der Waals surface area contributed by atoms with E-state index in [0.29, 0.717) is 22.3 Å². The Hall–Kier alpha value is -1.66. The molecule has 0 fully saturated rings. The van der Waals surface area contributed by atoms with Crippen molar-refractivity contribution in [2.24, 2.45) is 0 Å². The van der Waals surface area contributed by atoms with Crippen LogP contribution in [-0.2, 0) is 6.42 Å². The van der Waals surface area contributed by atoms with Crippen LogP contribution in [0.1, 0.15) is 21.8 Å². The lowest BCUT2D eigenvalue weighted by Gasteiger charge is -2.04. The zero-order valence-corrected chi connectivity index (χ0v) is 11.7. The molecule has 0 aliphatic heterocycles. The largest absolute Gasteiger partial charge is 0.374 e. The molecular formula is C12H13ClN4OS. The summed E-state index contributed by atoms with van der Waals surface area (Å²) in [5, 5.41) is 12.4. The summed E-state index contributed by atoms with van der Waals surface area (Å²) in [7, 11) is 0. The molecule has 0 atom stereocenters. The molecule has 0 saturated heterocycles. The SMILES string of the molecule is Nc1nnc(CCCNC(=O)c2cccc(Cl)c2)s1. The summed E-state index contributed by atoms with van der Waals surface area (Å²) in [6, 6.07) is 6.86. The number of nitrogens with one attached hydrogen (secondary N) is 1. The van der Waals surface area contributed by atoms with Gasteiger partial charge in [-0.1, -0.05) is 29.0 Å². The van der Waals surface area contributed by atoms with Crippen LogP contribution in [0, 0.1) is 0 Å². The summed E-state index contributed by atoms with van der Waals surface area (Å²) in [5.41, 5.74) is 6.05. The zero-order chi connectivity index (χ0) is 13.7. The number of nitrogens with two attached hydrogens (primary N) is 1. The number of hydrogen-bond acceptors (Lipinski definition) is 5. The van der Waals surface area contributed by atoms with Crippen molar-refractivity contribution in [3.63, 3.8) is 0 Å². The van der Waals surface area contributed by atoms with E-state index in [4.69, 9.17) is 17.3 Å². The van der Waals surface area contributed by atoms with Crippen LogP contribution in [0.2, 0.25) is 5.02 Å². The number of benzene rings is 1. The molecule has 0 spiro atoms. The predicted octanol–water partition coefficient (Wildman–Crippen LogP) is 2.14. The maximum atomic E-state index is 11.8. The molecule has 1 aromatic carbocycles. The molecule has 0 unspecified atom stereocenters. The van der Waals surface area contributed by atoms with Crippen LogP contribution in [-0.4, -0.2) is 22.6 Å². The Balaban J connectivity index is 1.75. The molecule has 0 aliphatic carbocycles. The van der Waals surface area contributed by atoms with Crippen LogP contribution in [0.4, 0.5) is 5.13 Å². The van der Waals surface area contributed by atoms with Gasteiger partial charge in [-0.25, -0.2) is 0 Å². The number of rotatable bonds is 5. The average molecular weight is 297 g/mol. The normalized spacial score (nSPS) is 10.4. The first-order valence-corrected chi connectivity index (χ1v) is 6.96. The molecule has 5 nitrogen and oxygen atoms in total. The molecule has 1 amide bonds. The fraction of sp³-hybridized carbons (Fsp3) is 0.250. The molecule has 100 valence electrons. The van der Waals surface area contributed by atoms with E-state index in [1.165, 1.54) is 11.3 Å². The van der Waals surface area contributed by atoms with Crippen LogP contribution < -0.4 is 11.1 Å². The van der Waals surface area contributed by atoms with E-state index < -0.39 is 0 Å². The summed E-state index contributed by atoms with van der Waals surface area (Å²) in [4.78, 5) is 11.8. The molecule has 19 heavy (non-hydrogen) atoms. The molecule has 0 saturated carbocycles. The molecule has 0 radical (unpaired) electrons. The van der Waals surface area contributed by atoms with Gasteiger partial charge in [-0.3, -0.25) is 4.79 Å². The second-order valence-electron chi connectivity index (χ2n) is 3.90. The topological polar surface area (TPSA) is 80.9 Å². The number of anilines is 1. The smallest absolute Gasteiger partial charge is 0.251 e. The Labute approximate surface area is 119 Å². The fourth-order valence-electron chi connectivity index (χ4n) is 1.54. The number of halogens is 1. The van der Waals surface area contributed by atoms with Gasteiger partial charge in [0.05, 0.1) is 0 Å². The van der Waals surface area contributed by atoms with Crippen molar-refractivity contribution < 1.29 is 4.79 Å². The standard InChI is InChI=1S/C12H13ClN4OS/c13-9-4-1-3-8(7-9)11(18)15-6-2-5-10-16-17-12(14)19-10/h1,3-4,7H,2,5-6H2,(H2,14,17)(H,15,18). The van der Waals surface area contributed by atoms with Crippen molar-refractivity contribution in [2.45, 2.75) is 12.8 Å². The Morgan fingerprint density at radius 3 is 2.95 bits per heavy atom. The summed E-state index contributed by atoms with van der Waals surface area (Å²) in [5.74, 6) is -0.126. The second kappa shape index (κ2) is 6.49. The van der Waals surface area contributed by atoms with Gasteiger partial charge in [0.1, 0.15) is 5.01 Å². The maximum Gasteiger partial charge on any atom is 0.251 e. The van der Waals surface area contributed by atoms with Crippen LogP contribution in [0.3, 0.4) is 0 Å². The maximum absolute atomic E-state index is 11.8. The lowest BCUT2D eigenvalue weighted by atomic mass is 10.2. The van der Waals surface area contributed by atoms with Crippen LogP contribution >= 0.6 is 22.9 Å². The summed E-state index contributed by atoms with van der Waals surface area (Å²) < 4.78 is 0. The first-order chi connectivity index (χ1) is 9.15. The Kier molecular flexibility index (Phi) is 4.70. The van der Waals surface area contributed by atoms with Crippen molar-refractivity contribution in [1.29, 1.82) is 0 Å². The van der Waals surface area contributed by atoms with Gasteiger partial charge in [-0.15, -0.1) is 10.2 Å². The highest BCUT2D eigenvalue weighted by molar-refractivity contribution is 7.15. The Morgan fingerprint density at radius 1 is 1.42 bits per heavy atom. The molecule has 2 aromatic rings. The number of carbonyl (C=O) groups excluding carboxylic acids is 1. The zero-order valence-electron chi connectivity index (χ0n) is 10.1. The van der Waals surface area contributed by atoms with E-state index in [0.717, 1.165) is 17.8 Å². The Morgan fingerprint density at radius 2 is 2.26 bits per heavy atom. The van der Waals surface area contributed by atoms with Gasteiger partial charge in [0, 0.05) is 23.6 Å². The monoisotopic (exact) mass is 296 g/mol. The first kappa shape index (κ1) is 13.8.